The van der Waals surface area contributed by atoms with Crippen LogP contribution in [0.25, 0.3) is 6.08 Å². The second-order valence-electron chi connectivity index (χ2n) is 5.83. The molecule has 0 spiro atoms. The van der Waals surface area contributed by atoms with Crippen molar-refractivity contribution in [2.75, 3.05) is 6.61 Å². The van der Waals surface area contributed by atoms with Crippen LogP contribution in [-0.4, -0.2) is 17.1 Å². The van der Waals surface area contributed by atoms with Crippen LogP contribution in [0.1, 0.15) is 30.5 Å². The number of hydrogen-bond acceptors (Lipinski definition) is 7. The van der Waals surface area contributed by atoms with Crippen LogP contribution in [0.3, 0.4) is 0 Å². The Morgan fingerprint density at radius 3 is 2.93 bits per heavy atom. The molecule has 0 fully saturated rings. The molecule has 4 rings (SSSR count). The van der Waals surface area contributed by atoms with Crippen molar-refractivity contribution in [3.05, 3.63) is 77.5 Å². The minimum atomic E-state index is -0.694. The summed E-state index contributed by atoms with van der Waals surface area (Å²) in [6, 6.07) is 6.67. The molecule has 0 saturated heterocycles. The first-order chi connectivity index (χ1) is 13.1. The SMILES string of the molecule is CCOC(=O)C1=C(C)N=c2s/c(=C/c3cccs3)c(=O)n2C1c1ccco1. The summed E-state index contributed by atoms with van der Waals surface area (Å²) in [5.41, 5.74) is 0.642. The fraction of sp³-hybridized carbons (Fsp3) is 0.211. The molecule has 0 aliphatic carbocycles. The number of carbonyl (C=O) groups excluding carboxylic acids is 1. The van der Waals surface area contributed by atoms with Gasteiger partial charge in [0, 0.05) is 4.88 Å². The Balaban J connectivity index is 1.96. The van der Waals surface area contributed by atoms with Gasteiger partial charge >= 0.3 is 5.97 Å². The lowest BCUT2D eigenvalue weighted by Gasteiger charge is -2.22. The van der Waals surface area contributed by atoms with Gasteiger partial charge in [-0.1, -0.05) is 17.4 Å². The van der Waals surface area contributed by atoms with E-state index < -0.39 is 12.0 Å². The van der Waals surface area contributed by atoms with Gasteiger partial charge < -0.3 is 9.15 Å². The molecule has 6 nitrogen and oxygen atoms in total. The van der Waals surface area contributed by atoms with Gasteiger partial charge in [0.2, 0.25) is 0 Å². The van der Waals surface area contributed by atoms with E-state index >= 15 is 0 Å². The summed E-state index contributed by atoms with van der Waals surface area (Å²) in [6.45, 7) is 3.73. The minimum Gasteiger partial charge on any atom is -0.467 e. The highest BCUT2D eigenvalue weighted by Gasteiger charge is 2.34. The third-order valence-electron chi connectivity index (χ3n) is 4.15. The van der Waals surface area contributed by atoms with E-state index in [9.17, 15) is 9.59 Å². The van der Waals surface area contributed by atoms with Crippen molar-refractivity contribution >= 4 is 34.7 Å². The number of carbonyl (C=O) groups is 1. The molecular weight excluding hydrogens is 384 g/mol. The van der Waals surface area contributed by atoms with Gasteiger partial charge in [-0.25, -0.2) is 9.79 Å². The summed E-state index contributed by atoms with van der Waals surface area (Å²) >= 11 is 2.85. The fourth-order valence-corrected chi connectivity index (χ4v) is 4.78. The van der Waals surface area contributed by atoms with Crippen LogP contribution in [0, 0.1) is 0 Å². The highest BCUT2D eigenvalue weighted by atomic mass is 32.1. The van der Waals surface area contributed by atoms with E-state index in [1.807, 2.05) is 23.6 Å². The Hall–Kier alpha value is -2.71. The number of rotatable bonds is 4. The molecule has 1 unspecified atom stereocenters. The molecule has 8 heteroatoms. The topological polar surface area (TPSA) is 73.8 Å². The number of thiazole rings is 1. The molecule has 0 aromatic carbocycles. The maximum absolute atomic E-state index is 13.1. The molecule has 3 aromatic rings. The van der Waals surface area contributed by atoms with Crippen LogP contribution < -0.4 is 14.9 Å². The highest BCUT2D eigenvalue weighted by Crippen LogP contribution is 2.30. The number of fused-ring (bicyclic) bond motifs is 1. The normalized spacial score (nSPS) is 17.0. The zero-order valence-electron chi connectivity index (χ0n) is 14.7. The van der Waals surface area contributed by atoms with Gasteiger partial charge in [0.25, 0.3) is 5.56 Å². The lowest BCUT2D eigenvalue weighted by Crippen LogP contribution is -2.39. The van der Waals surface area contributed by atoms with Gasteiger partial charge in [-0.15, -0.1) is 11.3 Å². The van der Waals surface area contributed by atoms with Crippen molar-refractivity contribution in [1.82, 2.24) is 4.57 Å². The summed E-state index contributed by atoms with van der Waals surface area (Å²) in [5, 5.41) is 1.96. The number of thiophene rings is 1. The van der Waals surface area contributed by atoms with Gasteiger partial charge in [0.15, 0.2) is 4.80 Å². The molecule has 0 radical (unpaired) electrons. The van der Waals surface area contributed by atoms with Crippen molar-refractivity contribution in [1.29, 1.82) is 0 Å². The van der Waals surface area contributed by atoms with Crippen molar-refractivity contribution in [2.24, 2.45) is 4.99 Å². The lowest BCUT2D eigenvalue weighted by molar-refractivity contribution is -0.139. The quantitative estimate of drug-likeness (QED) is 0.631. The van der Waals surface area contributed by atoms with E-state index in [4.69, 9.17) is 9.15 Å². The Morgan fingerprint density at radius 1 is 1.41 bits per heavy atom. The molecule has 0 N–H and O–H groups in total. The number of aromatic nitrogens is 1. The Labute approximate surface area is 162 Å². The van der Waals surface area contributed by atoms with Crippen molar-refractivity contribution < 1.29 is 13.9 Å². The molecule has 1 aliphatic rings. The van der Waals surface area contributed by atoms with Crippen LogP contribution in [-0.2, 0) is 9.53 Å². The summed E-state index contributed by atoms with van der Waals surface area (Å²) in [5.74, 6) is 0.00353. The standard InChI is InChI=1S/C19H16N2O4S2/c1-3-24-18(23)15-11(2)20-19-21(16(15)13-7-4-8-25-13)17(22)14(27-19)10-12-6-5-9-26-12/h4-10,16H,3H2,1-2H3/b14-10+. The van der Waals surface area contributed by atoms with E-state index in [2.05, 4.69) is 4.99 Å². The van der Waals surface area contributed by atoms with Gasteiger partial charge in [0.05, 0.1) is 28.7 Å². The third-order valence-corrected chi connectivity index (χ3v) is 5.95. The van der Waals surface area contributed by atoms with Crippen molar-refractivity contribution in [3.8, 4) is 0 Å². The van der Waals surface area contributed by atoms with Crippen LogP contribution in [0.5, 0.6) is 0 Å². The van der Waals surface area contributed by atoms with Crippen LogP contribution >= 0.6 is 22.7 Å². The molecule has 0 amide bonds. The van der Waals surface area contributed by atoms with Gasteiger partial charge in [-0.3, -0.25) is 9.36 Å². The average Bonchev–Trinajstić information content (AvgIpc) is 3.38. The zero-order valence-corrected chi connectivity index (χ0v) is 16.3. The molecule has 1 atom stereocenters. The van der Waals surface area contributed by atoms with Crippen LogP contribution in [0.15, 0.2) is 61.4 Å². The smallest absolute Gasteiger partial charge is 0.338 e. The van der Waals surface area contributed by atoms with E-state index in [1.54, 1.807) is 37.3 Å². The molecule has 0 saturated carbocycles. The maximum atomic E-state index is 13.1. The van der Waals surface area contributed by atoms with Gasteiger partial charge in [-0.05, 0) is 43.5 Å². The summed E-state index contributed by atoms with van der Waals surface area (Å²) in [6.07, 6.45) is 3.37. The van der Waals surface area contributed by atoms with Crippen LogP contribution in [0.4, 0.5) is 0 Å². The number of hydrogen-bond donors (Lipinski definition) is 0. The number of esters is 1. The number of furan rings is 1. The van der Waals surface area contributed by atoms with E-state index in [0.717, 1.165) is 4.88 Å². The second kappa shape index (κ2) is 7.13. The molecule has 1 aliphatic heterocycles. The van der Waals surface area contributed by atoms with Crippen molar-refractivity contribution in [3.63, 3.8) is 0 Å². The maximum Gasteiger partial charge on any atom is 0.338 e. The number of nitrogens with zero attached hydrogens (tertiary/aromatic N) is 2. The van der Waals surface area contributed by atoms with Gasteiger partial charge in [0.1, 0.15) is 11.8 Å². The average molecular weight is 400 g/mol. The zero-order chi connectivity index (χ0) is 19.0. The van der Waals surface area contributed by atoms with E-state index in [-0.39, 0.29) is 12.2 Å². The molecule has 0 bridgehead atoms. The third kappa shape index (κ3) is 3.11. The van der Waals surface area contributed by atoms with Crippen molar-refractivity contribution in [2.45, 2.75) is 19.9 Å². The largest absolute Gasteiger partial charge is 0.467 e. The Kier molecular flexibility index (Phi) is 4.67. The Morgan fingerprint density at radius 2 is 2.26 bits per heavy atom. The predicted molar refractivity (Wildman–Crippen MR) is 103 cm³/mol. The van der Waals surface area contributed by atoms with Crippen LogP contribution in [0.2, 0.25) is 0 Å². The first kappa shape index (κ1) is 17.7. The first-order valence-corrected chi connectivity index (χ1v) is 10.1. The van der Waals surface area contributed by atoms with E-state index in [0.29, 0.717) is 26.4 Å². The minimum absolute atomic E-state index is 0.206. The summed E-state index contributed by atoms with van der Waals surface area (Å²) in [4.78, 5) is 31.8. The molecule has 27 heavy (non-hydrogen) atoms. The monoisotopic (exact) mass is 400 g/mol. The predicted octanol–water partition coefficient (Wildman–Crippen LogP) is 2.45. The molecule has 138 valence electrons. The lowest BCUT2D eigenvalue weighted by atomic mass is 10.0. The van der Waals surface area contributed by atoms with Gasteiger partial charge in [-0.2, -0.15) is 0 Å². The first-order valence-electron chi connectivity index (χ1n) is 8.36. The number of ether oxygens (including phenoxy) is 1. The fourth-order valence-electron chi connectivity index (χ4n) is 3.01. The van der Waals surface area contributed by atoms with E-state index in [1.165, 1.54) is 22.2 Å². The summed E-state index contributed by atoms with van der Waals surface area (Å²) < 4.78 is 12.8. The summed E-state index contributed by atoms with van der Waals surface area (Å²) in [7, 11) is 0. The molecule has 4 heterocycles. The second-order valence-corrected chi connectivity index (χ2v) is 7.82. The Bertz CT molecular complexity index is 1180. The highest BCUT2D eigenvalue weighted by molar-refractivity contribution is 7.11. The molecule has 3 aromatic heterocycles. The number of allylic oxidation sites excluding steroid dienone is 1. The molecular formula is C19H16N2O4S2.